The molecule has 2 N–H and O–H groups in total. The minimum atomic E-state index is -0.677. The van der Waals surface area contributed by atoms with Crippen LogP contribution in [0.15, 0.2) is 54.6 Å². The van der Waals surface area contributed by atoms with Crippen molar-refractivity contribution in [3.05, 3.63) is 65.7 Å². The summed E-state index contributed by atoms with van der Waals surface area (Å²) in [6.45, 7) is 3.72. The fourth-order valence-corrected chi connectivity index (χ4v) is 2.24. The van der Waals surface area contributed by atoms with Gasteiger partial charge in [-0.3, -0.25) is 9.59 Å². The zero-order chi connectivity index (χ0) is 17.5. The maximum Gasteiger partial charge on any atom is 0.251 e. The monoisotopic (exact) mass is 321 g/mol. The number of carbonyl (C=O) groups is 2. The summed E-state index contributed by atoms with van der Waals surface area (Å²) < 4.78 is 0. The number of nitriles is 1. The highest BCUT2D eigenvalue weighted by atomic mass is 16.2. The molecular formula is C19H19N3O2. The van der Waals surface area contributed by atoms with E-state index >= 15 is 0 Å². The Hall–Kier alpha value is -3.13. The summed E-state index contributed by atoms with van der Waals surface area (Å²) in [7, 11) is 0. The van der Waals surface area contributed by atoms with Gasteiger partial charge in [-0.1, -0.05) is 38.1 Å². The predicted octanol–water partition coefficient (Wildman–Crippen LogP) is 2.95. The van der Waals surface area contributed by atoms with Crippen LogP contribution in [-0.4, -0.2) is 17.9 Å². The molecule has 0 saturated heterocycles. The molecule has 0 radical (unpaired) electrons. The Morgan fingerprint density at radius 3 is 2.38 bits per heavy atom. The number of anilines is 1. The van der Waals surface area contributed by atoms with E-state index in [1.165, 1.54) is 0 Å². The van der Waals surface area contributed by atoms with Gasteiger partial charge in [0, 0.05) is 11.3 Å². The first-order valence-corrected chi connectivity index (χ1v) is 7.68. The average molecular weight is 321 g/mol. The van der Waals surface area contributed by atoms with Gasteiger partial charge in [-0.05, 0) is 36.2 Å². The Morgan fingerprint density at radius 2 is 1.75 bits per heavy atom. The first kappa shape index (κ1) is 17.2. The van der Waals surface area contributed by atoms with Crippen molar-refractivity contribution < 1.29 is 9.59 Å². The molecule has 5 heteroatoms. The molecule has 2 rings (SSSR count). The highest BCUT2D eigenvalue weighted by Gasteiger charge is 2.24. The van der Waals surface area contributed by atoms with Crippen LogP contribution >= 0.6 is 0 Å². The second-order valence-corrected chi connectivity index (χ2v) is 5.74. The first-order chi connectivity index (χ1) is 11.5. The smallest absolute Gasteiger partial charge is 0.251 e. The average Bonchev–Trinajstić information content (AvgIpc) is 2.60. The number of nitrogens with zero attached hydrogens (tertiary/aromatic N) is 1. The van der Waals surface area contributed by atoms with E-state index < -0.39 is 6.04 Å². The second-order valence-electron chi connectivity index (χ2n) is 5.74. The van der Waals surface area contributed by atoms with Crippen LogP contribution < -0.4 is 10.6 Å². The molecule has 1 atom stereocenters. The van der Waals surface area contributed by atoms with Gasteiger partial charge in [-0.15, -0.1) is 0 Å². The summed E-state index contributed by atoms with van der Waals surface area (Å²) in [6, 6.07) is 16.8. The maximum absolute atomic E-state index is 12.5. The number of hydrogen-bond donors (Lipinski definition) is 2. The predicted molar refractivity (Wildman–Crippen MR) is 92.3 cm³/mol. The third-order valence-electron chi connectivity index (χ3n) is 3.53. The van der Waals surface area contributed by atoms with Gasteiger partial charge >= 0.3 is 0 Å². The van der Waals surface area contributed by atoms with E-state index in [2.05, 4.69) is 10.6 Å². The minimum absolute atomic E-state index is 0.0863. The Labute approximate surface area is 141 Å². The van der Waals surface area contributed by atoms with Crippen LogP contribution in [-0.2, 0) is 4.79 Å². The molecule has 0 bridgehead atoms. The molecular weight excluding hydrogens is 302 g/mol. The molecule has 0 aliphatic heterocycles. The Bertz CT molecular complexity index is 764. The highest BCUT2D eigenvalue weighted by Crippen LogP contribution is 2.12. The molecule has 0 aliphatic carbocycles. The zero-order valence-electron chi connectivity index (χ0n) is 13.6. The molecule has 24 heavy (non-hydrogen) atoms. The third kappa shape index (κ3) is 4.43. The summed E-state index contributed by atoms with van der Waals surface area (Å²) >= 11 is 0. The number of rotatable bonds is 5. The third-order valence-corrected chi connectivity index (χ3v) is 3.53. The number of carbonyl (C=O) groups excluding carboxylic acids is 2. The van der Waals surface area contributed by atoms with Crippen molar-refractivity contribution in [3.63, 3.8) is 0 Å². The van der Waals surface area contributed by atoms with Crippen LogP contribution in [0.5, 0.6) is 0 Å². The van der Waals surface area contributed by atoms with Crippen LogP contribution in [0.3, 0.4) is 0 Å². The van der Waals surface area contributed by atoms with Crippen molar-refractivity contribution in [2.24, 2.45) is 5.92 Å². The highest BCUT2D eigenvalue weighted by molar-refractivity contribution is 6.01. The number of benzene rings is 2. The molecule has 0 aromatic heterocycles. The van der Waals surface area contributed by atoms with Crippen molar-refractivity contribution in [3.8, 4) is 6.07 Å². The molecule has 0 heterocycles. The van der Waals surface area contributed by atoms with Gasteiger partial charge < -0.3 is 10.6 Å². The fraction of sp³-hybridized carbons (Fsp3) is 0.211. The van der Waals surface area contributed by atoms with Crippen molar-refractivity contribution in [2.45, 2.75) is 19.9 Å². The lowest BCUT2D eigenvalue weighted by atomic mass is 10.0. The normalized spacial score (nSPS) is 11.4. The van der Waals surface area contributed by atoms with Crippen molar-refractivity contribution in [1.29, 1.82) is 5.26 Å². The molecule has 2 aromatic rings. The van der Waals surface area contributed by atoms with Gasteiger partial charge in [0.25, 0.3) is 5.91 Å². The lowest BCUT2D eigenvalue weighted by Crippen LogP contribution is -2.47. The lowest BCUT2D eigenvalue weighted by Gasteiger charge is -2.21. The summed E-state index contributed by atoms with van der Waals surface area (Å²) in [5, 5.41) is 14.4. The van der Waals surface area contributed by atoms with Gasteiger partial charge in [0.05, 0.1) is 11.6 Å². The standard InChI is InChI=1S/C19H19N3O2/c1-13(2)17(22-18(23)15-8-4-3-5-9-15)19(24)21-16-10-6-7-14(11-16)12-20/h3-11,13,17H,1-2H3,(H,21,24)(H,22,23). The van der Waals surface area contributed by atoms with Crippen molar-refractivity contribution >= 4 is 17.5 Å². The molecule has 0 spiro atoms. The van der Waals surface area contributed by atoms with Crippen LogP contribution in [0.25, 0.3) is 0 Å². The van der Waals surface area contributed by atoms with Crippen LogP contribution in [0.1, 0.15) is 29.8 Å². The molecule has 1 unspecified atom stereocenters. The number of amides is 2. The van der Waals surface area contributed by atoms with E-state index in [-0.39, 0.29) is 17.7 Å². The zero-order valence-corrected chi connectivity index (χ0v) is 13.6. The summed E-state index contributed by atoms with van der Waals surface area (Å²) in [4.78, 5) is 24.8. The largest absolute Gasteiger partial charge is 0.340 e. The van der Waals surface area contributed by atoms with E-state index in [0.29, 0.717) is 16.8 Å². The molecule has 2 amide bonds. The maximum atomic E-state index is 12.5. The number of nitrogens with one attached hydrogen (secondary N) is 2. The summed E-state index contributed by atoms with van der Waals surface area (Å²) in [5.41, 5.74) is 1.49. The van der Waals surface area contributed by atoms with E-state index in [4.69, 9.17) is 5.26 Å². The SMILES string of the molecule is CC(C)C(NC(=O)c1ccccc1)C(=O)Nc1cccc(C#N)c1. The minimum Gasteiger partial charge on any atom is -0.340 e. The van der Waals surface area contributed by atoms with Gasteiger partial charge in [0.15, 0.2) is 0 Å². The van der Waals surface area contributed by atoms with Crippen molar-refractivity contribution in [1.82, 2.24) is 5.32 Å². The van der Waals surface area contributed by atoms with Gasteiger partial charge in [-0.2, -0.15) is 5.26 Å². The Balaban J connectivity index is 2.10. The fourth-order valence-electron chi connectivity index (χ4n) is 2.24. The number of hydrogen-bond acceptors (Lipinski definition) is 3. The van der Waals surface area contributed by atoms with Crippen LogP contribution in [0, 0.1) is 17.2 Å². The van der Waals surface area contributed by atoms with Gasteiger partial charge in [0.1, 0.15) is 6.04 Å². The molecule has 5 nitrogen and oxygen atoms in total. The molecule has 122 valence electrons. The van der Waals surface area contributed by atoms with E-state index in [1.807, 2.05) is 26.0 Å². The van der Waals surface area contributed by atoms with Gasteiger partial charge in [0.2, 0.25) is 5.91 Å². The quantitative estimate of drug-likeness (QED) is 0.888. The van der Waals surface area contributed by atoms with Crippen LogP contribution in [0.4, 0.5) is 5.69 Å². The van der Waals surface area contributed by atoms with Crippen LogP contribution in [0.2, 0.25) is 0 Å². The topological polar surface area (TPSA) is 82.0 Å². The van der Waals surface area contributed by atoms with Gasteiger partial charge in [-0.25, -0.2) is 0 Å². The second kappa shape index (κ2) is 7.93. The first-order valence-electron chi connectivity index (χ1n) is 7.68. The molecule has 0 saturated carbocycles. The molecule has 0 fully saturated rings. The lowest BCUT2D eigenvalue weighted by molar-refractivity contribution is -0.118. The Morgan fingerprint density at radius 1 is 1.04 bits per heavy atom. The van der Waals surface area contributed by atoms with E-state index in [9.17, 15) is 9.59 Å². The summed E-state index contributed by atoms with van der Waals surface area (Å²) in [6.07, 6.45) is 0. The summed E-state index contributed by atoms with van der Waals surface area (Å²) in [5.74, 6) is -0.698. The van der Waals surface area contributed by atoms with E-state index in [1.54, 1.807) is 48.5 Å². The molecule has 0 aliphatic rings. The Kier molecular flexibility index (Phi) is 5.69. The van der Waals surface area contributed by atoms with Crippen molar-refractivity contribution in [2.75, 3.05) is 5.32 Å². The van der Waals surface area contributed by atoms with E-state index in [0.717, 1.165) is 0 Å². The molecule has 2 aromatic carbocycles.